The van der Waals surface area contributed by atoms with Gasteiger partial charge >= 0.3 is 6.18 Å². The van der Waals surface area contributed by atoms with Crippen LogP contribution in [0.1, 0.15) is 37.9 Å². The first-order chi connectivity index (χ1) is 11.8. The van der Waals surface area contributed by atoms with E-state index in [0.29, 0.717) is 17.5 Å². The van der Waals surface area contributed by atoms with Gasteiger partial charge in [0, 0.05) is 30.5 Å². The molecule has 25 heavy (non-hydrogen) atoms. The minimum absolute atomic E-state index is 0.551. The van der Waals surface area contributed by atoms with E-state index < -0.39 is 11.7 Å². The molecule has 0 saturated carbocycles. The van der Waals surface area contributed by atoms with Crippen LogP contribution in [0.3, 0.4) is 0 Å². The normalized spacial score (nSPS) is 11.4. The Balaban J connectivity index is 2.22. The van der Waals surface area contributed by atoms with Crippen molar-refractivity contribution in [1.29, 1.82) is 0 Å². The lowest BCUT2D eigenvalue weighted by Gasteiger charge is -2.22. The first-order valence-corrected chi connectivity index (χ1v) is 8.38. The predicted octanol–water partition coefficient (Wildman–Crippen LogP) is 5.17. The first-order valence-electron chi connectivity index (χ1n) is 8.38. The summed E-state index contributed by atoms with van der Waals surface area (Å²) in [5.74, 6) is 1.21. The highest BCUT2D eigenvalue weighted by atomic mass is 19.4. The van der Waals surface area contributed by atoms with Gasteiger partial charge in [-0.1, -0.05) is 13.8 Å². The summed E-state index contributed by atoms with van der Waals surface area (Å²) < 4.78 is 37.9. The van der Waals surface area contributed by atoms with Crippen LogP contribution in [-0.2, 0) is 6.18 Å². The lowest BCUT2D eigenvalue weighted by atomic mass is 10.2. The second-order valence-corrected chi connectivity index (χ2v) is 5.88. The van der Waals surface area contributed by atoms with Gasteiger partial charge in [0.05, 0.1) is 5.56 Å². The van der Waals surface area contributed by atoms with Gasteiger partial charge in [0.1, 0.15) is 5.82 Å². The highest BCUT2D eigenvalue weighted by Crippen LogP contribution is 2.30. The maximum Gasteiger partial charge on any atom is 0.416 e. The van der Waals surface area contributed by atoms with Crippen molar-refractivity contribution < 1.29 is 13.2 Å². The van der Waals surface area contributed by atoms with Crippen LogP contribution < -0.4 is 10.2 Å². The summed E-state index contributed by atoms with van der Waals surface area (Å²) in [6, 6.07) is 6.68. The van der Waals surface area contributed by atoms with E-state index >= 15 is 0 Å². The molecule has 0 aliphatic heterocycles. The van der Waals surface area contributed by atoms with Gasteiger partial charge in [0.25, 0.3) is 0 Å². The number of benzene rings is 1. The lowest BCUT2D eigenvalue weighted by Crippen LogP contribution is -2.27. The third-order valence-corrected chi connectivity index (χ3v) is 3.60. The Hall–Kier alpha value is -2.31. The summed E-state index contributed by atoms with van der Waals surface area (Å²) in [5.41, 5.74) is 0.681. The van der Waals surface area contributed by atoms with Crippen LogP contribution in [0.25, 0.3) is 0 Å². The van der Waals surface area contributed by atoms with E-state index in [0.717, 1.165) is 43.8 Å². The number of anilines is 3. The van der Waals surface area contributed by atoms with Crippen molar-refractivity contribution in [3.05, 3.63) is 41.6 Å². The Labute approximate surface area is 146 Å². The van der Waals surface area contributed by atoms with Crippen LogP contribution in [0.5, 0.6) is 0 Å². The maximum atomic E-state index is 12.6. The lowest BCUT2D eigenvalue weighted by molar-refractivity contribution is -0.137. The summed E-state index contributed by atoms with van der Waals surface area (Å²) in [5, 5.41) is 3.06. The van der Waals surface area contributed by atoms with Crippen LogP contribution >= 0.6 is 0 Å². The summed E-state index contributed by atoms with van der Waals surface area (Å²) in [6.45, 7) is 7.78. The molecule has 0 radical (unpaired) electrons. The van der Waals surface area contributed by atoms with Crippen molar-refractivity contribution in [3.63, 3.8) is 0 Å². The Morgan fingerprint density at radius 2 is 1.60 bits per heavy atom. The largest absolute Gasteiger partial charge is 0.416 e. The summed E-state index contributed by atoms with van der Waals surface area (Å²) in [4.78, 5) is 11.1. The predicted molar refractivity (Wildman–Crippen MR) is 94.3 cm³/mol. The average Bonchev–Trinajstić information content (AvgIpc) is 2.54. The molecule has 0 atom stereocenters. The van der Waals surface area contributed by atoms with Crippen molar-refractivity contribution in [2.75, 3.05) is 23.3 Å². The second kappa shape index (κ2) is 8.18. The zero-order valence-electron chi connectivity index (χ0n) is 14.7. The Morgan fingerprint density at radius 1 is 1.00 bits per heavy atom. The molecule has 0 aliphatic rings. The fourth-order valence-corrected chi connectivity index (χ4v) is 2.50. The number of hydrogen-bond acceptors (Lipinski definition) is 4. The minimum atomic E-state index is -4.34. The zero-order chi connectivity index (χ0) is 18.4. The number of hydrogen-bond donors (Lipinski definition) is 1. The first kappa shape index (κ1) is 19.0. The molecular weight excluding hydrogens is 329 g/mol. The maximum absolute atomic E-state index is 12.6. The van der Waals surface area contributed by atoms with Crippen molar-refractivity contribution in [1.82, 2.24) is 9.97 Å². The van der Waals surface area contributed by atoms with Crippen LogP contribution in [0, 0.1) is 6.92 Å². The third-order valence-electron chi connectivity index (χ3n) is 3.60. The van der Waals surface area contributed by atoms with E-state index in [-0.39, 0.29) is 0 Å². The number of halogens is 3. The zero-order valence-corrected chi connectivity index (χ0v) is 14.7. The number of nitrogens with zero attached hydrogens (tertiary/aromatic N) is 3. The molecule has 0 saturated heterocycles. The molecule has 1 N–H and O–H groups in total. The molecule has 0 unspecified atom stereocenters. The molecule has 1 aromatic carbocycles. The summed E-state index contributed by atoms with van der Waals surface area (Å²) in [6.07, 6.45) is -2.37. The molecule has 136 valence electrons. The van der Waals surface area contributed by atoms with E-state index in [1.54, 1.807) is 6.07 Å². The average molecular weight is 352 g/mol. The van der Waals surface area contributed by atoms with Gasteiger partial charge in [-0.25, -0.2) is 4.98 Å². The molecule has 2 aromatic rings. The second-order valence-electron chi connectivity index (χ2n) is 5.88. The molecule has 4 nitrogen and oxygen atoms in total. The van der Waals surface area contributed by atoms with Gasteiger partial charge in [0.15, 0.2) is 0 Å². The Kier molecular flexibility index (Phi) is 6.22. The van der Waals surface area contributed by atoms with Gasteiger partial charge in [-0.15, -0.1) is 0 Å². The highest BCUT2D eigenvalue weighted by Gasteiger charge is 2.29. The standard InChI is InChI=1S/C18H23F3N4/c1-4-10-25(11-5-2)17-22-13(3)12-16(24-17)23-15-8-6-14(7-9-15)18(19,20)21/h6-9,12H,4-5,10-11H2,1-3H3,(H,22,23,24). The number of aromatic nitrogens is 2. The molecule has 0 bridgehead atoms. The molecule has 0 amide bonds. The molecule has 0 aliphatic carbocycles. The highest BCUT2D eigenvalue weighted by molar-refractivity contribution is 5.58. The van der Waals surface area contributed by atoms with Crippen molar-refractivity contribution >= 4 is 17.5 Å². The third kappa shape index (κ3) is 5.34. The molecule has 0 spiro atoms. The van der Waals surface area contributed by atoms with E-state index in [2.05, 4.69) is 34.0 Å². The number of alkyl halides is 3. The quantitative estimate of drug-likeness (QED) is 0.746. The SMILES string of the molecule is CCCN(CCC)c1nc(C)cc(Nc2ccc(C(F)(F)F)cc2)n1. The van der Waals surface area contributed by atoms with Gasteiger partial charge in [0.2, 0.25) is 5.95 Å². The van der Waals surface area contributed by atoms with Gasteiger partial charge in [-0.3, -0.25) is 0 Å². The monoisotopic (exact) mass is 352 g/mol. The molecule has 7 heteroatoms. The fraction of sp³-hybridized carbons (Fsp3) is 0.444. The van der Waals surface area contributed by atoms with E-state index in [4.69, 9.17) is 0 Å². The molecular formula is C18H23F3N4. The number of aryl methyl sites for hydroxylation is 1. The van der Waals surface area contributed by atoms with Gasteiger partial charge in [-0.2, -0.15) is 18.2 Å². The van der Waals surface area contributed by atoms with Crippen molar-refractivity contribution in [2.24, 2.45) is 0 Å². The molecule has 1 heterocycles. The molecule has 1 aromatic heterocycles. The topological polar surface area (TPSA) is 41.1 Å². The van der Waals surface area contributed by atoms with Crippen molar-refractivity contribution in [3.8, 4) is 0 Å². The Morgan fingerprint density at radius 3 is 2.12 bits per heavy atom. The molecule has 2 rings (SSSR count). The van der Waals surface area contributed by atoms with E-state index in [1.165, 1.54) is 12.1 Å². The smallest absolute Gasteiger partial charge is 0.341 e. The van der Waals surface area contributed by atoms with E-state index in [1.807, 2.05) is 6.92 Å². The van der Waals surface area contributed by atoms with Crippen LogP contribution in [-0.4, -0.2) is 23.1 Å². The van der Waals surface area contributed by atoms with Crippen LogP contribution in [0.15, 0.2) is 30.3 Å². The van der Waals surface area contributed by atoms with Crippen LogP contribution in [0.2, 0.25) is 0 Å². The van der Waals surface area contributed by atoms with Gasteiger partial charge in [-0.05, 0) is 44.0 Å². The van der Waals surface area contributed by atoms with Crippen LogP contribution in [0.4, 0.5) is 30.6 Å². The van der Waals surface area contributed by atoms with Crippen molar-refractivity contribution in [2.45, 2.75) is 39.8 Å². The summed E-state index contributed by atoms with van der Waals surface area (Å²) in [7, 11) is 0. The number of rotatable bonds is 7. The minimum Gasteiger partial charge on any atom is -0.341 e. The Bertz CT molecular complexity index is 678. The van der Waals surface area contributed by atoms with E-state index in [9.17, 15) is 13.2 Å². The fourth-order valence-electron chi connectivity index (χ4n) is 2.50. The van der Waals surface area contributed by atoms with Gasteiger partial charge < -0.3 is 10.2 Å². The number of nitrogens with one attached hydrogen (secondary N) is 1. The summed E-state index contributed by atoms with van der Waals surface area (Å²) >= 11 is 0. The molecule has 0 fully saturated rings.